The SMILES string of the molecule is N=C(N)CSc1cc(Cl)ccc1Cl. The summed E-state index contributed by atoms with van der Waals surface area (Å²) in [6.07, 6.45) is 0. The summed E-state index contributed by atoms with van der Waals surface area (Å²) in [6, 6.07) is 5.21. The van der Waals surface area contributed by atoms with E-state index in [1.54, 1.807) is 18.2 Å². The normalized spacial score (nSPS) is 10.0. The molecule has 0 saturated heterocycles. The Morgan fingerprint density at radius 1 is 1.46 bits per heavy atom. The third kappa shape index (κ3) is 3.46. The van der Waals surface area contributed by atoms with Crippen molar-refractivity contribution >= 4 is 40.8 Å². The van der Waals surface area contributed by atoms with Crippen LogP contribution in [-0.2, 0) is 0 Å². The molecule has 0 heterocycles. The lowest BCUT2D eigenvalue weighted by Gasteiger charge is -2.03. The molecule has 0 atom stereocenters. The van der Waals surface area contributed by atoms with Crippen molar-refractivity contribution in [1.29, 1.82) is 5.41 Å². The molecule has 0 unspecified atom stereocenters. The molecule has 1 aromatic rings. The molecule has 0 radical (unpaired) electrons. The molecule has 0 aromatic heterocycles. The standard InChI is InChI=1S/C8H8Cl2N2S/c9-5-1-2-6(10)7(3-5)13-4-8(11)12/h1-3H,4H2,(H3,11,12). The van der Waals surface area contributed by atoms with Crippen molar-refractivity contribution in [2.75, 3.05) is 5.75 Å². The molecular weight excluding hydrogens is 227 g/mol. The van der Waals surface area contributed by atoms with Gasteiger partial charge in [-0.15, -0.1) is 11.8 Å². The lowest BCUT2D eigenvalue weighted by atomic mass is 10.4. The zero-order valence-electron chi connectivity index (χ0n) is 6.68. The molecule has 0 fully saturated rings. The number of hydrogen-bond donors (Lipinski definition) is 2. The first-order valence-electron chi connectivity index (χ1n) is 3.50. The zero-order chi connectivity index (χ0) is 9.84. The Labute approximate surface area is 90.9 Å². The van der Waals surface area contributed by atoms with Crippen LogP contribution in [-0.4, -0.2) is 11.6 Å². The van der Waals surface area contributed by atoms with Crippen LogP contribution in [0.5, 0.6) is 0 Å². The monoisotopic (exact) mass is 234 g/mol. The molecule has 0 spiro atoms. The van der Waals surface area contributed by atoms with Crippen LogP contribution in [0.15, 0.2) is 23.1 Å². The second-order valence-corrected chi connectivity index (χ2v) is 4.25. The van der Waals surface area contributed by atoms with E-state index in [0.717, 1.165) is 4.90 Å². The predicted octanol–water partition coefficient (Wildman–Crippen LogP) is 3.02. The highest BCUT2D eigenvalue weighted by atomic mass is 35.5. The second-order valence-electron chi connectivity index (χ2n) is 2.39. The summed E-state index contributed by atoms with van der Waals surface area (Å²) >= 11 is 13.1. The molecule has 5 heteroatoms. The van der Waals surface area contributed by atoms with Crippen molar-refractivity contribution in [1.82, 2.24) is 0 Å². The van der Waals surface area contributed by atoms with Gasteiger partial charge >= 0.3 is 0 Å². The smallest absolute Gasteiger partial charge is 0.101 e. The van der Waals surface area contributed by atoms with Crippen LogP contribution in [0.3, 0.4) is 0 Å². The third-order valence-corrected chi connectivity index (χ3v) is 3.06. The van der Waals surface area contributed by atoms with Gasteiger partial charge in [0.25, 0.3) is 0 Å². The summed E-state index contributed by atoms with van der Waals surface area (Å²) in [5, 5.41) is 8.32. The summed E-state index contributed by atoms with van der Waals surface area (Å²) in [7, 11) is 0. The van der Waals surface area contributed by atoms with E-state index in [2.05, 4.69) is 0 Å². The molecule has 2 nitrogen and oxygen atoms in total. The number of nitrogens with two attached hydrogens (primary N) is 1. The third-order valence-electron chi connectivity index (χ3n) is 1.28. The van der Waals surface area contributed by atoms with E-state index in [-0.39, 0.29) is 5.84 Å². The van der Waals surface area contributed by atoms with Gasteiger partial charge in [-0.05, 0) is 18.2 Å². The average molecular weight is 235 g/mol. The van der Waals surface area contributed by atoms with Gasteiger partial charge in [-0.2, -0.15) is 0 Å². The quantitative estimate of drug-likeness (QED) is 0.480. The molecular formula is C8H8Cl2N2S. The lowest BCUT2D eigenvalue weighted by Crippen LogP contribution is -2.11. The van der Waals surface area contributed by atoms with Crippen molar-refractivity contribution in [3.8, 4) is 0 Å². The Morgan fingerprint density at radius 2 is 2.15 bits per heavy atom. The maximum absolute atomic E-state index is 7.05. The van der Waals surface area contributed by atoms with Crippen LogP contribution < -0.4 is 5.73 Å². The van der Waals surface area contributed by atoms with Crippen molar-refractivity contribution < 1.29 is 0 Å². The fourth-order valence-corrected chi connectivity index (χ4v) is 1.99. The van der Waals surface area contributed by atoms with E-state index >= 15 is 0 Å². The number of benzene rings is 1. The van der Waals surface area contributed by atoms with Gasteiger partial charge in [-0.1, -0.05) is 23.2 Å². The Balaban J connectivity index is 2.75. The molecule has 0 bridgehead atoms. The van der Waals surface area contributed by atoms with Gasteiger partial charge in [0.1, 0.15) is 5.84 Å². The van der Waals surface area contributed by atoms with Gasteiger partial charge in [0.05, 0.1) is 10.8 Å². The molecule has 0 saturated carbocycles. The van der Waals surface area contributed by atoms with E-state index in [1.807, 2.05) is 0 Å². The van der Waals surface area contributed by atoms with E-state index in [4.69, 9.17) is 34.3 Å². The van der Waals surface area contributed by atoms with Crippen LogP contribution >= 0.6 is 35.0 Å². The predicted molar refractivity (Wildman–Crippen MR) is 59.1 cm³/mol. The molecule has 0 aliphatic rings. The first kappa shape index (κ1) is 10.7. The Kier molecular flexibility index (Phi) is 3.90. The summed E-state index contributed by atoms with van der Waals surface area (Å²) in [6.45, 7) is 0. The number of hydrogen-bond acceptors (Lipinski definition) is 2. The summed E-state index contributed by atoms with van der Waals surface area (Å²) in [4.78, 5) is 0.851. The zero-order valence-corrected chi connectivity index (χ0v) is 9.01. The van der Waals surface area contributed by atoms with Gasteiger partial charge in [0, 0.05) is 9.92 Å². The molecule has 0 aliphatic carbocycles. The van der Waals surface area contributed by atoms with Gasteiger partial charge < -0.3 is 5.73 Å². The first-order chi connectivity index (χ1) is 6.09. The van der Waals surface area contributed by atoms with Crippen LogP contribution in [0.25, 0.3) is 0 Å². The van der Waals surface area contributed by atoms with Crippen LogP contribution in [0, 0.1) is 5.41 Å². The van der Waals surface area contributed by atoms with Crippen molar-refractivity contribution in [3.63, 3.8) is 0 Å². The van der Waals surface area contributed by atoms with Gasteiger partial charge in [-0.25, -0.2) is 0 Å². The average Bonchev–Trinajstić information content (AvgIpc) is 2.06. The van der Waals surface area contributed by atoms with E-state index in [0.29, 0.717) is 15.8 Å². The molecule has 0 amide bonds. The molecule has 1 rings (SSSR count). The lowest BCUT2D eigenvalue weighted by molar-refractivity contribution is 1.41. The Hall–Kier alpha value is -0.380. The number of halogens is 2. The highest BCUT2D eigenvalue weighted by Crippen LogP contribution is 2.29. The molecule has 70 valence electrons. The first-order valence-corrected chi connectivity index (χ1v) is 5.24. The summed E-state index contributed by atoms with van der Waals surface area (Å²) < 4.78 is 0. The van der Waals surface area contributed by atoms with Gasteiger partial charge in [-0.3, -0.25) is 5.41 Å². The minimum atomic E-state index is 0.126. The molecule has 3 N–H and O–H groups in total. The van der Waals surface area contributed by atoms with Crippen LogP contribution in [0.2, 0.25) is 10.0 Å². The van der Waals surface area contributed by atoms with E-state index in [1.165, 1.54) is 11.8 Å². The van der Waals surface area contributed by atoms with E-state index < -0.39 is 0 Å². The van der Waals surface area contributed by atoms with Crippen molar-refractivity contribution in [3.05, 3.63) is 28.2 Å². The highest BCUT2D eigenvalue weighted by molar-refractivity contribution is 8.00. The van der Waals surface area contributed by atoms with Crippen LogP contribution in [0.4, 0.5) is 0 Å². The molecule has 1 aromatic carbocycles. The van der Waals surface area contributed by atoms with Crippen molar-refractivity contribution in [2.24, 2.45) is 5.73 Å². The number of rotatable bonds is 3. The fourth-order valence-electron chi connectivity index (χ4n) is 0.743. The highest BCUT2D eigenvalue weighted by Gasteiger charge is 2.02. The number of thioether (sulfide) groups is 1. The fraction of sp³-hybridized carbons (Fsp3) is 0.125. The maximum Gasteiger partial charge on any atom is 0.101 e. The topological polar surface area (TPSA) is 49.9 Å². The minimum Gasteiger partial charge on any atom is -0.387 e. The minimum absolute atomic E-state index is 0.126. The van der Waals surface area contributed by atoms with Gasteiger partial charge in [0.2, 0.25) is 0 Å². The van der Waals surface area contributed by atoms with Gasteiger partial charge in [0.15, 0.2) is 0 Å². The van der Waals surface area contributed by atoms with Crippen LogP contribution in [0.1, 0.15) is 0 Å². The second kappa shape index (κ2) is 4.74. The molecule has 0 aliphatic heterocycles. The largest absolute Gasteiger partial charge is 0.387 e. The number of nitrogens with one attached hydrogen (secondary N) is 1. The van der Waals surface area contributed by atoms with E-state index in [9.17, 15) is 0 Å². The summed E-state index contributed by atoms with van der Waals surface area (Å²) in [5.74, 6) is 0.557. The van der Waals surface area contributed by atoms with Crippen molar-refractivity contribution in [2.45, 2.75) is 4.90 Å². The number of amidine groups is 1. The maximum atomic E-state index is 7.05. The molecule has 13 heavy (non-hydrogen) atoms. The summed E-state index contributed by atoms with van der Waals surface area (Å²) in [5.41, 5.74) is 5.21. The Morgan fingerprint density at radius 3 is 2.77 bits per heavy atom. The Bertz CT molecular complexity index is 328.